The molecular weight excluding hydrogens is 172 g/mol. The monoisotopic (exact) mass is 186 g/mol. The van der Waals surface area contributed by atoms with Gasteiger partial charge >= 0.3 is 5.97 Å². The van der Waals surface area contributed by atoms with Crippen LogP contribution in [0.2, 0.25) is 0 Å². The zero-order valence-electron chi connectivity index (χ0n) is 7.59. The maximum atomic E-state index is 11.4. The lowest BCUT2D eigenvalue weighted by molar-refractivity contribution is -0.138. The Labute approximate surface area is 76.5 Å². The van der Waals surface area contributed by atoms with Gasteiger partial charge < -0.3 is 15.7 Å². The molecule has 0 saturated carbocycles. The van der Waals surface area contributed by atoms with Crippen LogP contribution in [0.25, 0.3) is 0 Å². The van der Waals surface area contributed by atoms with E-state index in [4.69, 9.17) is 5.11 Å². The third kappa shape index (κ3) is 2.42. The average Bonchev–Trinajstić information content (AvgIpc) is 2.49. The van der Waals surface area contributed by atoms with E-state index in [1.807, 2.05) is 0 Å². The van der Waals surface area contributed by atoms with Crippen molar-refractivity contribution in [2.45, 2.75) is 25.3 Å². The summed E-state index contributed by atoms with van der Waals surface area (Å²) in [5.41, 5.74) is -0.574. The van der Waals surface area contributed by atoms with E-state index in [1.165, 1.54) is 0 Å². The van der Waals surface area contributed by atoms with Crippen molar-refractivity contribution in [1.29, 1.82) is 0 Å². The number of aliphatic carboxylic acids is 1. The Bertz CT molecular complexity index is 221. The lowest BCUT2D eigenvalue weighted by atomic mass is 9.99. The molecule has 1 aliphatic heterocycles. The standard InChI is InChI=1S/C8H14N2O3/c1-8(3-2-4-10-8)7(13)9-5-6(11)12/h10H,2-5H2,1H3,(H,9,13)(H,11,12)/t8-/m1/s1. The maximum Gasteiger partial charge on any atom is 0.322 e. The molecule has 0 bridgehead atoms. The summed E-state index contributed by atoms with van der Waals surface area (Å²) in [6.45, 7) is 2.30. The number of rotatable bonds is 3. The summed E-state index contributed by atoms with van der Waals surface area (Å²) in [6.07, 6.45) is 1.72. The van der Waals surface area contributed by atoms with Gasteiger partial charge in [-0.15, -0.1) is 0 Å². The maximum absolute atomic E-state index is 11.4. The molecular formula is C8H14N2O3. The number of carboxylic acids is 1. The van der Waals surface area contributed by atoms with Gasteiger partial charge in [0, 0.05) is 0 Å². The molecule has 0 aromatic heterocycles. The third-order valence-electron chi connectivity index (χ3n) is 2.27. The lowest BCUT2D eigenvalue weighted by Crippen LogP contribution is -2.52. The van der Waals surface area contributed by atoms with Gasteiger partial charge in [-0.25, -0.2) is 0 Å². The van der Waals surface area contributed by atoms with Crippen molar-refractivity contribution in [3.05, 3.63) is 0 Å². The van der Waals surface area contributed by atoms with E-state index >= 15 is 0 Å². The third-order valence-corrected chi connectivity index (χ3v) is 2.27. The largest absolute Gasteiger partial charge is 0.480 e. The van der Waals surface area contributed by atoms with Gasteiger partial charge in [-0.05, 0) is 26.3 Å². The molecule has 1 heterocycles. The van der Waals surface area contributed by atoms with Crippen LogP contribution in [0.3, 0.4) is 0 Å². The van der Waals surface area contributed by atoms with Gasteiger partial charge in [-0.2, -0.15) is 0 Å². The number of hydrogen-bond acceptors (Lipinski definition) is 3. The first-order valence-electron chi connectivity index (χ1n) is 4.30. The van der Waals surface area contributed by atoms with Crippen LogP contribution < -0.4 is 10.6 Å². The van der Waals surface area contributed by atoms with E-state index in [1.54, 1.807) is 6.92 Å². The van der Waals surface area contributed by atoms with Crippen molar-refractivity contribution in [2.24, 2.45) is 0 Å². The molecule has 0 aromatic rings. The van der Waals surface area contributed by atoms with Crippen molar-refractivity contribution in [2.75, 3.05) is 13.1 Å². The highest BCUT2D eigenvalue weighted by molar-refractivity contribution is 5.88. The van der Waals surface area contributed by atoms with Gasteiger partial charge in [0.25, 0.3) is 0 Å². The second kappa shape index (κ2) is 3.74. The van der Waals surface area contributed by atoms with E-state index in [9.17, 15) is 9.59 Å². The average molecular weight is 186 g/mol. The van der Waals surface area contributed by atoms with E-state index < -0.39 is 11.5 Å². The minimum atomic E-state index is -1.02. The minimum Gasteiger partial charge on any atom is -0.480 e. The molecule has 1 fully saturated rings. The normalized spacial score (nSPS) is 27.2. The number of carboxylic acid groups (broad SMARTS) is 1. The zero-order chi connectivity index (χ0) is 9.90. The summed E-state index contributed by atoms with van der Waals surface area (Å²) >= 11 is 0. The molecule has 5 nitrogen and oxygen atoms in total. The minimum absolute atomic E-state index is 0.229. The Balaban J connectivity index is 2.42. The van der Waals surface area contributed by atoms with Crippen LogP contribution in [0.15, 0.2) is 0 Å². The van der Waals surface area contributed by atoms with Crippen LogP contribution in [-0.2, 0) is 9.59 Å². The van der Waals surface area contributed by atoms with Gasteiger partial charge in [-0.3, -0.25) is 9.59 Å². The Morgan fingerprint density at radius 2 is 2.31 bits per heavy atom. The molecule has 1 atom stereocenters. The predicted molar refractivity (Wildman–Crippen MR) is 46.3 cm³/mol. The molecule has 74 valence electrons. The van der Waals surface area contributed by atoms with E-state index in [0.29, 0.717) is 0 Å². The number of carbonyl (C=O) groups is 2. The predicted octanol–water partition coefficient (Wildman–Crippen LogP) is -0.671. The Kier molecular flexibility index (Phi) is 2.87. The molecule has 1 saturated heterocycles. The van der Waals surface area contributed by atoms with E-state index in [0.717, 1.165) is 19.4 Å². The van der Waals surface area contributed by atoms with Crippen molar-refractivity contribution < 1.29 is 14.7 Å². The Hall–Kier alpha value is -1.10. The van der Waals surface area contributed by atoms with Gasteiger partial charge in [-0.1, -0.05) is 0 Å². The highest BCUT2D eigenvalue weighted by Crippen LogP contribution is 2.17. The second-order valence-electron chi connectivity index (χ2n) is 3.44. The molecule has 3 N–H and O–H groups in total. The zero-order valence-corrected chi connectivity index (χ0v) is 7.59. The van der Waals surface area contributed by atoms with Crippen LogP contribution >= 0.6 is 0 Å². The molecule has 1 aliphatic rings. The van der Waals surface area contributed by atoms with Gasteiger partial charge in [0.2, 0.25) is 5.91 Å². The van der Waals surface area contributed by atoms with Crippen molar-refractivity contribution in [1.82, 2.24) is 10.6 Å². The van der Waals surface area contributed by atoms with Gasteiger partial charge in [0.15, 0.2) is 0 Å². The van der Waals surface area contributed by atoms with Crippen molar-refractivity contribution in [3.63, 3.8) is 0 Å². The molecule has 0 radical (unpaired) electrons. The van der Waals surface area contributed by atoms with Crippen molar-refractivity contribution in [3.8, 4) is 0 Å². The fourth-order valence-electron chi connectivity index (χ4n) is 1.44. The second-order valence-corrected chi connectivity index (χ2v) is 3.44. The molecule has 0 spiro atoms. The highest BCUT2D eigenvalue weighted by Gasteiger charge is 2.35. The van der Waals surface area contributed by atoms with Crippen LogP contribution in [-0.4, -0.2) is 35.6 Å². The molecule has 1 amide bonds. The number of hydrogen-bond donors (Lipinski definition) is 3. The van der Waals surface area contributed by atoms with Crippen LogP contribution in [0.1, 0.15) is 19.8 Å². The van der Waals surface area contributed by atoms with Crippen LogP contribution in [0, 0.1) is 0 Å². The molecule has 13 heavy (non-hydrogen) atoms. The fourth-order valence-corrected chi connectivity index (χ4v) is 1.44. The van der Waals surface area contributed by atoms with E-state index in [-0.39, 0.29) is 12.5 Å². The first kappa shape index (κ1) is 9.98. The van der Waals surface area contributed by atoms with E-state index in [2.05, 4.69) is 10.6 Å². The lowest BCUT2D eigenvalue weighted by Gasteiger charge is -2.22. The van der Waals surface area contributed by atoms with Gasteiger partial charge in [0.05, 0.1) is 5.54 Å². The van der Waals surface area contributed by atoms with Crippen LogP contribution in [0.4, 0.5) is 0 Å². The fraction of sp³-hybridized carbons (Fsp3) is 0.750. The molecule has 0 unspecified atom stereocenters. The highest BCUT2D eigenvalue weighted by atomic mass is 16.4. The summed E-state index contributed by atoms with van der Waals surface area (Å²) in [5.74, 6) is -1.25. The summed E-state index contributed by atoms with van der Waals surface area (Å²) in [6, 6.07) is 0. The summed E-state index contributed by atoms with van der Waals surface area (Å²) in [7, 11) is 0. The van der Waals surface area contributed by atoms with Gasteiger partial charge in [0.1, 0.15) is 6.54 Å². The van der Waals surface area contributed by atoms with Crippen LogP contribution in [0.5, 0.6) is 0 Å². The summed E-state index contributed by atoms with van der Waals surface area (Å²) < 4.78 is 0. The number of carbonyl (C=O) groups excluding carboxylic acids is 1. The Morgan fingerprint density at radius 1 is 1.62 bits per heavy atom. The number of amides is 1. The first-order valence-corrected chi connectivity index (χ1v) is 4.30. The molecule has 1 rings (SSSR count). The number of nitrogens with one attached hydrogen (secondary N) is 2. The molecule has 0 aromatic carbocycles. The molecule has 5 heteroatoms. The quantitative estimate of drug-likeness (QED) is 0.546. The smallest absolute Gasteiger partial charge is 0.322 e. The Morgan fingerprint density at radius 3 is 2.77 bits per heavy atom. The SMILES string of the molecule is C[C@]1(C(=O)NCC(=O)O)CCCN1. The first-order chi connectivity index (χ1) is 6.04. The molecule has 0 aliphatic carbocycles. The summed E-state index contributed by atoms with van der Waals surface area (Å²) in [5, 5.41) is 13.8. The summed E-state index contributed by atoms with van der Waals surface area (Å²) in [4.78, 5) is 21.6. The van der Waals surface area contributed by atoms with Crippen molar-refractivity contribution >= 4 is 11.9 Å². The topological polar surface area (TPSA) is 78.4 Å².